The molecule has 5 nitrogen and oxygen atoms in total. The Bertz CT molecular complexity index is 377. The van der Waals surface area contributed by atoms with Crippen LogP contribution in [-0.4, -0.2) is 26.4 Å². The first kappa shape index (κ1) is 13.1. The lowest BCUT2D eigenvalue weighted by molar-refractivity contribution is 0.0243. The third-order valence-electron chi connectivity index (χ3n) is 2.97. The zero-order valence-corrected chi connectivity index (χ0v) is 10.6. The smallest absolute Gasteiger partial charge is 0.166 e. The van der Waals surface area contributed by atoms with Gasteiger partial charge in [-0.25, -0.2) is 5.90 Å². The third-order valence-corrected chi connectivity index (χ3v) is 2.97. The maximum atomic E-state index is 5.96. The molecule has 0 aromatic heterocycles. The van der Waals surface area contributed by atoms with Gasteiger partial charge < -0.3 is 14.2 Å². The molecule has 1 saturated heterocycles. The first-order valence-electron chi connectivity index (χ1n) is 6.07. The zero-order chi connectivity index (χ0) is 12.8. The molecule has 2 rings (SSSR count). The maximum Gasteiger partial charge on any atom is 0.166 e. The highest BCUT2D eigenvalue weighted by Gasteiger charge is 2.18. The van der Waals surface area contributed by atoms with Gasteiger partial charge in [-0.1, -0.05) is 12.1 Å². The van der Waals surface area contributed by atoms with Gasteiger partial charge in [0.05, 0.1) is 26.9 Å². The van der Waals surface area contributed by atoms with E-state index in [0.29, 0.717) is 12.4 Å². The van der Waals surface area contributed by atoms with Crippen molar-refractivity contribution < 1.29 is 19.0 Å². The van der Waals surface area contributed by atoms with E-state index in [1.807, 2.05) is 18.2 Å². The van der Waals surface area contributed by atoms with Gasteiger partial charge in [-0.3, -0.25) is 4.84 Å². The van der Waals surface area contributed by atoms with Crippen molar-refractivity contribution in [2.45, 2.75) is 25.6 Å². The summed E-state index contributed by atoms with van der Waals surface area (Å²) in [6.07, 6.45) is 1.99. The lowest BCUT2D eigenvalue weighted by atomic mass is 10.1. The summed E-state index contributed by atoms with van der Waals surface area (Å²) >= 11 is 0. The molecule has 0 radical (unpaired) electrons. The summed E-state index contributed by atoms with van der Waals surface area (Å²) in [5.41, 5.74) is 0.879. The molecule has 1 aliphatic heterocycles. The number of ether oxygens (including phenoxy) is 3. The van der Waals surface area contributed by atoms with E-state index in [-0.39, 0.29) is 6.10 Å². The second kappa shape index (κ2) is 6.58. The fraction of sp³-hybridized carbons (Fsp3) is 0.538. The number of para-hydroxylation sites is 1. The zero-order valence-electron chi connectivity index (χ0n) is 10.6. The van der Waals surface area contributed by atoms with Gasteiger partial charge in [0.1, 0.15) is 6.10 Å². The van der Waals surface area contributed by atoms with E-state index in [0.717, 1.165) is 37.4 Å². The van der Waals surface area contributed by atoms with Crippen LogP contribution in [0.2, 0.25) is 0 Å². The molecule has 1 heterocycles. The predicted molar refractivity (Wildman–Crippen MR) is 66.4 cm³/mol. The Hall–Kier alpha value is -1.30. The molecule has 18 heavy (non-hydrogen) atoms. The summed E-state index contributed by atoms with van der Waals surface area (Å²) in [5, 5.41) is 0. The summed E-state index contributed by atoms with van der Waals surface area (Å²) in [5.74, 6) is 6.53. The van der Waals surface area contributed by atoms with Gasteiger partial charge in [0.25, 0.3) is 0 Å². The number of rotatable bonds is 5. The van der Waals surface area contributed by atoms with E-state index >= 15 is 0 Å². The minimum absolute atomic E-state index is 0.182. The van der Waals surface area contributed by atoms with Crippen molar-refractivity contribution in [1.82, 2.24) is 0 Å². The average Bonchev–Trinajstić information content (AvgIpc) is 2.41. The monoisotopic (exact) mass is 253 g/mol. The molecule has 100 valence electrons. The largest absolute Gasteiger partial charge is 0.492 e. The van der Waals surface area contributed by atoms with Crippen LogP contribution in [0.4, 0.5) is 0 Å². The van der Waals surface area contributed by atoms with Crippen molar-refractivity contribution in [3.63, 3.8) is 0 Å². The van der Waals surface area contributed by atoms with Gasteiger partial charge in [0, 0.05) is 18.4 Å². The Balaban J connectivity index is 2.12. The third kappa shape index (κ3) is 3.13. The molecule has 0 spiro atoms. The van der Waals surface area contributed by atoms with Crippen molar-refractivity contribution in [2.75, 3.05) is 20.3 Å². The van der Waals surface area contributed by atoms with Gasteiger partial charge in [-0.15, -0.1) is 0 Å². The Morgan fingerprint density at radius 1 is 1.33 bits per heavy atom. The van der Waals surface area contributed by atoms with Crippen molar-refractivity contribution in [3.8, 4) is 11.5 Å². The maximum absolute atomic E-state index is 5.96. The van der Waals surface area contributed by atoms with E-state index in [1.54, 1.807) is 7.11 Å². The molecule has 5 heteroatoms. The molecular formula is C13H19NO4. The highest BCUT2D eigenvalue weighted by atomic mass is 16.6. The minimum Gasteiger partial charge on any atom is -0.492 e. The summed E-state index contributed by atoms with van der Waals surface area (Å²) in [6.45, 7) is 1.80. The molecule has 0 bridgehead atoms. The topological polar surface area (TPSA) is 62.9 Å². The Labute approximate surface area is 107 Å². The van der Waals surface area contributed by atoms with Crippen LogP contribution in [0, 0.1) is 0 Å². The Morgan fingerprint density at radius 3 is 2.78 bits per heavy atom. The van der Waals surface area contributed by atoms with Crippen LogP contribution in [-0.2, 0) is 16.2 Å². The van der Waals surface area contributed by atoms with Crippen LogP contribution < -0.4 is 15.4 Å². The molecule has 0 unspecified atom stereocenters. The molecule has 2 N–H and O–H groups in total. The van der Waals surface area contributed by atoms with Gasteiger partial charge in [0.15, 0.2) is 11.5 Å². The van der Waals surface area contributed by atoms with Crippen LogP contribution in [0.1, 0.15) is 18.4 Å². The molecule has 1 aliphatic rings. The number of nitrogens with two attached hydrogens (primary N) is 1. The van der Waals surface area contributed by atoms with Crippen LogP contribution in [0.15, 0.2) is 18.2 Å². The highest BCUT2D eigenvalue weighted by molar-refractivity contribution is 5.46. The quantitative estimate of drug-likeness (QED) is 0.808. The van der Waals surface area contributed by atoms with E-state index in [9.17, 15) is 0 Å². The Kier molecular flexibility index (Phi) is 4.81. The average molecular weight is 253 g/mol. The van der Waals surface area contributed by atoms with Gasteiger partial charge in [0.2, 0.25) is 0 Å². The molecular weight excluding hydrogens is 234 g/mol. The van der Waals surface area contributed by atoms with E-state index < -0.39 is 0 Å². The summed E-state index contributed by atoms with van der Waals surface area (Å²) < 4.78 is 16.7. The van der Waals surface area contributed by atoms with Crippen LogP contribution >= 0.6 is 0 Å². The first-order valence-corrected chi connectivity index (χ1v) is 6.07. The minimum atomic E-state index is 0.182. The van der Waals surface area contributed by atoms with E-state index in [1.165, 1.54) is 0 Å². The normalized spacial score (nSPS) is 16.6. The van der Waals surface area contributed by atoms with Crippen LogP contribution in [0.5, 0.6) is 11.5 Å². The predicted octanol–water partition coefficient (Wildman–Crippen LogP) is 1.64. The van der Waals surface area contributed by atoms with Gasteiger partial charge in [-0.2, -0.15) is 0 Å². The molecule has 0 amide bonds. The summed E-state index contributed by atoms with van der Waals surface area (Å²) in [4.78, 5) is 4.66. The van der Waals surface area contributed by atoms with Crippen molar-refractivity contribution in [1.29, 1.82) is 0 Å². The standard InChI is InChI=1S/C13H19NO4/c1-15-13-10(9-17-14)3-2-4-12(13)18-11-5-7-16-8-6-11/h2-4,11H,5-9,14H2,1H3. The van der Waals surface area contributed by atoms with Crippen molar-refractivity contribution in [3.05, 3.63) is 23.8 Å². The van der Waals surface area contributed by atoms with Gasteiger partial charge >= 0.3 is 0 Å². The van der Waals surface area contributed by atoms with Gasteiger partial charge in [-0.05, 0) is 6.07 Å². The number of methoxy groups -OCH3 is 1. The molecule has 1 aromatic carbocycles. The van der Waals surface area contributed by atoms with Crippen molar-refractivity contribution in [2.24, 2.45) is 5.90 Å². The number of benzene rings is 1. The highest BCUT2D eigenvalue weighted by Crippen LogP contribution is 2.33. The molecule has 1 fully saturated rings. The van der Waals surface area contributed by atoms with Crippen LogP contribution in [0.25, 0.3) is 0 Å². The summed E-state index contributed by atoms with van der Waals surface area (Å²) in [7, 11) is 1.62. The molecule has 0 aliphatic carbocycles. The lowest BCUT2D eigenvalue weighted by Gasteiger charge is -2.24. The molecule has 0 atom stereocenters. The number of hydrogen-bond acceptors (Lipinski definition) is 5. The fourth-order valence-electron chi connectivity index (χ4n) is 2.06. The molecule has 1 aromatic rings. The fourth-order valence-corrected chi connectivity index (χ4v) is 2.06. The lowest BCUT2D eigenvalue weighted by Crippen LogP contribution is -2.26. The second-order valence-corrected chi connectivity index (χ2v) is 4.19. The summed E-state index contributed by atoms with van der Waals surface area (Å²) in [6, 6.07) is 5.71. The van der Waals surface area contributed by atoms with Crippen molar-refractivity contribution >= 4 is 0 Å². The molecule has 0 saturated carbocycles. The first-order chi connectivity index (χ1) is 8.85. The van der Waals surface area contributed by atoms with Crippen LogP contribution in [0.3, 0.4) is 0 Å². The van der Waals surface area contributed by atoms with E-state index in [4.69, 9.17) is 20.1 Å². The number of hydrogen-bond donors (Lipinski definition) is 1. The van der Waals surface area contributed by atoms with E-state index in [2.05, 4.69) is 4.84 Å². The Morgan fingerprint density at radius 2 is 2.11 bits per heavy atom. The second-order valence-electron chi connectivity index (χ2n) is 4.19. The SMILES string of the molecule is COc1c(CON)cccc1OC1CCOCC1.